The summed E-state index contributed by atoms with van der Waals surface area (Å²) in [5, 5.41) is 21.3. The molecule has 10 heteroatoms. The van der Waals surface area contributed by atoms with Crippen LogP contribution < -0.4 is 5.32 Å². The first kappa shape index (κ1) is 25.5. The Labute approximate surface area is 213 Å². The predicted octanol–water partition coefficient (Wildman–Crippen LogP) is 6.48. The standard InChI is InChI=1S/C27H17ClF3N3O3/c28-23-10-5-16(11-22(23)27(29,30)31)12-25(35)33-19-6-8-20(9-7-19)34-15-18(13-17(14-32)26(36)37)21-3-1-2-4-24(21)34/h1-11,13,15H,12H2,(H,33,35)(H,36,37)/b17-13+. The molecule has 2 N–H and O–H groups in total. The molecule has 0 spiro atoms. The van der Waals surface area contributed by atoms with Gasteiger partial charge >= 0.3 is 12.1 Å². The molecule has 1 heterocycles. The molecule has 6 nitrogen and oxygen atoms in total. The van der Waals surface area contributed by atoms with Crippen molar-refractivity contribution in [2.45, 2.75) is 12.6 Å². The van der Waals surface area contributed by atoms with E-state index in [1.165, 1.54) is 12.1 Å². The molecule has 0 saturated heterocycles. The number of amides is 1. The van der Waals surface area contributed by atoms with Crippen LogP contribution in [0.25, 0.3) is 22.7 Å². The van der Waals surface area contributed by atoms with Crippen LogP contribution in [0.2, 0.25) is 5.02 Å². The quantitative estimate of drug-likeness (QED) is 0.223. The Morgan fingerprint density at radius 1 is 1.08 bits per heavy atom. The summed E-state index contributed by atoms with van der Waals surface area (Å²) in [6.45, 7) is 0. The van der Waals surface area contributed by atoms with Crippen molar-refractivity contribution in [1.29, 1.82) is 5.26 Å². The fourth-order valence-corrected chi connectivity index (χ4v) is 4.05. The van der Waals surface area contributed by atoms with E-state index >= 15 is 0 Å². The smallest absolute Gasteiger partial charge is 0.417 e. The van der Waals surface area contributed by atoms with Crippen molar-refractivity contribution in [3.05, 3.63) is 100 Å². The number of hydrogen-bond donors (Lipinski definition) is 2. The number of nitrogens with zero attached hydrogens (tertiary/aromatic N) is 2. The molecule has 0 saturated carbocycles. The minimum Gasteiger partial charge on any atom is -0.477 e. The predicted molar refractivity (Wildman–Crippen MR) is 133 cm³/mol. The van der Waals surface area contributed by atoms with Crippen LogP contribution in [0, 0.1) is 11.3 Å². The number of alkyl halides is 3. The molecule has 0 bridgehead atoms. The lowest BCUT2D eigenvalue weighted by Crippen LogP contribution is -2.15. The normalized spacial score (nSPS) is 11.8. The van der Waals surface area contributed by atoms with E-state index in [0.717, 1.165) is 23.0 Å². The molecule has 0 aliphatic rings. The maximum atomic E-state index is 13.1. The van der Waals surface area contributed by atoms with Crippen LogP contribution in [0.3, 0.4) is 0 Å². The fourth-order valence-electron chi connectivity index (χ4n) is 3.83. The van der Waals surface area contributed by atoms with Crippen molar-refractivity contribution in [3.63, 3.8) is 0 Å². The van der Waals surface area contributed by atoms with Gasteiger partial charge in [-0.2, -0.15) is 18.4 Å². The lowest BCUT2D eigenvalue weighted by atomic mass is 10.1. The average Bonchev–Trinajstić information content (AvgIpc) is 3.21. The van der Waals surface area contributed by atoms with Gasteiger partial charge in [-0.15, -0.1) is 0 Å². The number of nitrogens with one attached hydrogen (secondary N) is 1. The number of nitriles is 1. The third-order valence-corrected chi connectivity index (χ3v) is 5.85. The molecule has 4 aromatic rings. The molecule has 4 rings (SSSR count). The molecule has 186 valence electrons. The minimum atomic E-state index is -4.62. The van der Waals surface area contributed by atoms with Gasteiger partial charge in [0.2, 0.25) is 5.91 Å². The monoisotopic (exact) mass is 523 g/mol. The first-order valence-electron chi connectivity index (χ1n) is 10.8. The maximum absolute atomic E-state index is 13.1. The number of rotatable bonds is 6. The number of benzene rings is 3. The average molecular weight is 524 g/mol. The Morgan fingerprint density at radius 2 is 1.78 bits per heavy atom. The number of para-hydroxylation sites is 1. The van der Waals surface area contributed by atoms with Crippen molar-refractivity contribution >= 4 is 46.1 Å². The highest BCUT2D eigenvalue weighted by atomic mass is 35.5. The Hall–Kier alpha value is -4.55. The molecular weight excluding hydrogens is 507 g/mol. The van der Waals surface area contributed by atoms with Crippen LogP contribution in [0.5, 0.6) is 0 Å². The molecule has 0 radical (unpaired) electrons. The second-order valence-corrected chi connectivity index (χ2v) is 8.44. The summed E-state index contributed by atoms with van der Waals surface area (Å²) in [6.07, 6.45) is -1.89. The third kappa shape index (κ3) is 5.66. The van der Waals surface area contributed by atoms with Crippen molar-refractivity contribution in [2.24, 2.45) is 0 Å². The van der Waals surface area contributed by atoms with Gasteiger partial charge in [0.15, 0.2) is 0 Å². The van der Waals surface area contributed by atoms with E-state index in [9.17, 15) is 27.9 Å². The second kappa shape index (κ2) is 10.2. The van der Waals surface area contributed by atoms with Crippen LogP contribution in [-0.4, -0.2) is 21.6 Å². The maximum Gasteiger partial charge on any atom is 0.417 e. The molecular formula is C27H17ClF3N3O3. The summed E-state index contributed by atoms with van der Waals surface area (Å²) >= 11 is 5.63. The van der Waals surface area contributed by atoms with Gasteiger partial charge in [-0.1, -0.05) is 35.9 Å². The van der Waals surface area contributed by atoms with E-state index < -0.39 is 34.2 Å². The van der Waals surface area contributed by atoms with Gasteiger partial charge in [0.25, 0.3) is 0 Å². The van der Waals surface area contributed by atoms with Crippen LogP contribution in [0.4, 0.5) is 18.9 Å². The van der Waals surface area contributed by atoms with Crippen molar-refractivity contribution in [1.82, 2.24) is 4.57 Å². The van der Waals surface area contributed by atoms with Crippen LogP contribution in [-0.2, 0) is 22.2 Å². The molecule has 37 heavy (non-hydrogen) atoms. The zero-order valence-electron chi connectivity index (χ0n) is 18.9. The lowest BCUT2D eigenvalue weighted by Gasteiger charge is -2.11. The summed E-state index contributed by atoms with van der Waals surface area (Å²) in [6, 6.07) is 19.0. The lowest BCUT2D eigenvalue weighted by molar-refractivity contribution is -0.137. The number of anilines is 1. The number of fused-ring (bicyclic) bond motifs is 1. The molecule has 0 aliphatic carbocycles. The van der Waals surface area contributed by atoms with E-state index in [4.69, 9.17) is 16.9 Å². The van der Waals surface area contributed by atoms with Gasteiger partial charge in [0, 0.05) is 28.5 Å². The number of hydrogen-bond acceptors (Lipinski definition) is 3. The largest absolute Gasteiger partial charge is 0.477 e. The van der Waals surface area contributed by atoms with Gasteiger partial charge in [-0.3, -0.25) is 4.79 Å². The highest BCUT2D eigenvalue weighted by Crippen LogP contribution is 2.35. The number of carbonyl (C=O) groups excluding carboxylic acids is 1. The zero-order chi connectivity index (χ0) is 26.7. The first-order valence-corrected chi connectivity index (χ1v) is 11.2. The third-order valence-electron chi connectivity index (χ3n) is 5.52. The highest BCUT2D eigenvalue weighted by Gasteiger charge is 2.33. The second-order valence-electron chi connectivity index (χ2n) is 8.03. The Balaban J connectivity index is 1.55. The van der Waals surface area contributed by atoms with E-state index in [-0.39, 0.29) is 12.0 Å². The molecule has 0 aliphatic heterocycles. The van der Waals surface area contributed by atoms with E-state index in [1.807, 2.05) is 22.8 Å². The Morgan fingerprint density at radius 3 is 2.43 bits per heavy atom. The number of aromatic nitrogens is 1. The molecule has 0 fully saturated rings. The number of aliphatic carboxylic acids is 1. The molecule has 0 unspecified atom stereocenters. The van der Waals surface area contributed by atoms with Crippen LogP contribution >= 0.6 is 11.6 Å². The summed E-state index contributed by atoms with van der Waals surface area (Å²) in [4.78, 5) is 23.7. The van der Waals surface area contributed by atoms with Crippen molar-refractivity contribution in [2.75, 3.05) is 5.32 Å². The minimum absolute atomic E-state index is 0.170. The molecule has 1 aromatic heterocycles. The zero-order valence-corrected chi connectivity index (χ0v) is 19.6. The number of carboxylic acids is 1. The van der Waals surface area contributed by atoms with Crippen molar-refractivity contribution < 1.29 is 27.9 Å². The van der Waals surface area contributed by atoms with Gasteiger partial charge in [-0.25, -0.2) is 4.79 Å². The summed E-state index contributed by atoms with van der Waals surface area (Å²) in [7, 11) is 0. The van der Waals surface area contributed by atoms with Gasteiger partial charge in [0.05, 0.1) is 22.5 Å². The number of carbonyl (C=O) groups is 2. The van der Waals surface area contributed by atoms with Gasteiger partial charge in [-0.05, 0) is 54.1 Å². The number of carboxylic acid groups (broad SMARTS) is 1. The molecule has 1 amide bonds. The van der Waals surface area contributed by atoms with Gasteiger partial charge < -0.3 is 15.0 Å². The van der Waals surface area contributed by atoms with E-state index in [2.05, 4.69) is 5.32 Å². The fraction of sp³-hybridized carbons (Fsp3) is 0.0741. The topological polar surface area (TPSA) is 95.1 Å². The van der Waals surface area contributed by atoms with Gasteiger partial charge in [0.1, 0.15) is 11.6 Å². The first-order chi connectivity index (χ1) is 17.6. The highest BCUT2D eigenvalue weighted by molar-refractivity contribution is 6.31. The van der Waals surface area contributed by atoms with Crippen LogP contribution in [0.1, 0.15) is 16.7 Å². The molecule has 3 aromatic carbocycles. The van der Waals surface area contributed by atoms with E-state index in [0.29, 0.717) is 16.9 Å². The SMILES string of the molecule is N#C/C(=C\c1cn(-c2ccc(NC(=O)Cc3ccc(Cl)c(C(F)(F)F)c3)cc2)c2ccccc12)C(=O)O. The molecule has 0 atom stereocenters. The van der Waals surface area contributed by atoms with E-state index in [1.54, 1.807) is 42.6 Å². The number of halogens is 4. The van der Waals surface area contributed by atoms with Crippen molar-refractivity contribution in [3.8, 4) is 11.8 Å². The Kier molecular flexibility index (Phi) is 7.05. The summed E-state index contributed by atoms with van der Waals surface area (Å²) < 4.78 is 41.0. The summed E-state index contributed by atoms with van der Waals surface area (Å²) in [5.74, 6) is -1.83. The Bertz CT molecular complexity index is 1580. The summed E-state index contributed by atoms with van der Waals surface area (Å²) in [5.41, 5.74) is 1.24. The van der Waals surface area contributed by atoms with Crippen LogP contribution in [0.15, 0.2) is 78.5 Å².